The third-order valence-electron chi connectivity index (χ3n) is 3.59. The highest BCUT2D eigenvalue weighted by Gasteiger charge is 2.19. The Morgan fingerprint density at radius 3 is 2.88 bits per heavy atom. The summed E-state index contributed by atoms with van der Waals surface area (Å²) in [7, 11) is 0. The first kappa shape index (κ1) is 11.3. The number of hydrogen-bond donors (Lipinski definition) is 1. The maximum Gasteiger partial charge on any atom is 0.0658 e. The molecule has 0 saturated carbocycles. The van der Waals surface area contributed by atoms with E-state index in [1.54, 1.807) is 5.57 Å². The van der Waals surface area contributed by atoms with Gasteiger partial charge in [-0.15, -0.1) is 0 Å². The van der Waals surface area contributed by atoms with Crippen molar-refractivity contribution in [3.63, 3.8) is 0 Å². The maximum atomic E-state index is 4.06. The summed E-state index contributed by atoms with van der Waals surface area (Å²) in [6.07, 6.45) is 12.5. The van der Waals surface area contributed by atoms with E-state index in [4.69, 9.17) is 0 Å². The molecule has 0 spiro atoms. The molecule has 0 saturated heterocycles. The highest BCUT2D eigenvalue weighted by molar-refractivity contribution is 5.31. The van der Waals surface area contributed by atoms with Crippen LogP contribution in [0, 0.1) is 5.92 Å². The van der Waals surface area contributed by atoms with Gasteiger partial charge in [-0.2, -0.15) is 0 Å². The smallest absolute Gasteiger partial charge is 0.0658 e. The Morgan fingerprint density at radius 1 is 1.50 bits per heavy atom. The van der Waals surface area contributed by atoms with Gasteiger partial charge in [-0.1, -0.05) is 29.9 Å². The van der Waals surface area contributed by atoms with Gasteiger partial charge in [-0.05, 0) is 56.9 Å². The fraction of sp³-hybridized carbons (Fsp3) is 0.467. The van der Waals surface area contributed by atoms with Crippen LogP contribution in [0.3, 0.4) is 0 Å². The predicted octanol–water partition coefficient (Wildman–Crippen LogP) is 3.72. The van der Waals surface area contributed by atoms with Crippen molar-refractivity contribution in [3.8, 4) is 0 Å². The SMILES string of the molecule is C=C(C)C1CC=C(C2C=C(C)C=CN2)CC1. The van der Waals surface area contributed by atoms with Gasteiger partial charge in [0.15, 0.2) is 0 Å². The lowest BCUT2D eigenvalue weighted by Crippen LogP contribution is -2.28. The molecule has 16 heavy (non-hydrogen) atoms. The van der Waals surface area contributed by atoms with E-state index in [-0.39, 0.29) is 0 Å². The van der Waals surface area contributed by atoms with Gasteiger partial charge in [0, 0.05) is 0 Å². The second kappa shape index (κ2) is 4.73. The summed E-state index contributed by atoms with van der Waals surface area (Å²) in [6, 6.07) is 0.427. The fourth-order valence-electron chi connectivity index (χ4n) is 2.45. The Morgan fingerprint density at radius 2 is 2.31 bits per heavy atom. The van der Waals surface area contributed by atoms with Crippen LogP contribution in [0.1, 0.15) is 33.1 Å². The summed E-state index contributed by atoms with van der Waals surface area (Å²) in [4.78, 5) is 0. The van der Waals surface area contributed by atoms with Gasteiger partial charge in [0.1, 0.15) is 0 Å². The maximum absolute atomic E-state index is 4.06. The van der Waals surface area contributed by atoms with Crippen molar-refractivity contribution in [2.75, 3.05) is 0 Å². The van der Waals surface area contributed by atoms with Crippen molar-refractivity contribution in [1.29, 1.82) is 0 Å². The Bertz CT molecular complexity index is 371. The summed E-state index contributed by atoms with van der Waals surface area (Å²) in [5.74, 6) is 0.702. The molecule has 1 N–H and O–H groups in total. The molecule has 0 aromatic carbocycles. The first-order valence-corrected chi connectivity index (χ1v) is 6.12. The largest absolute Gasteiger partial charge is 0.381 e. The zero-order valence-corrected chi connectivity index (χ0v) is 10.3. The van der Waals surface area contributed by atoms with Crippen LogP contribution in [0.25, 0.3) is 0 Å². The molecule has 1 heteroatoms. The van der Waals surface area contributed by atoms with Gasteiger partial charge in [-0.25, -0.2) is 0 Å². The van der Waals surface area contributed by atoms with Crippen LogP contribution in [0.15, 0.2) is 47.7 Å². The predicted molar refractivity (Wildman–Crippen MR) is 70.1 cm³/mol. The summed E-state index contributed by atoms with van der Waals surface area (Å²) < 4.78 is 0. The van der Waals surface area contributed by atoms with Crippen molar-refractivity contribution in [3.05, 3.63) is 47.7 Å². The molecule has 1 nitrogen and oxygen atoms in total. The van der Waals surface area contributed by atoms with E-state index in [1.165, 1.54) is 30.4 Å². The van der Waals surface area contributed by atoms with E-state index in [9.17, 15) is 0 Å². The fourth-order valence-corrected chi connectivity index (χ4v) is 2.45. The molecule has 2 aliphatic rings. The molecule has 0 fully saturated rings. The average Bonchev–Trinajstić information content (AvgIpc) is 2.29. The van der Waals surface area contributed by atoms with E-state index in [2.05, 4.69) is 50.2 Å². The molecular formula is C15H21N. The molecule has 0 aromatic heterocycles. The minimum absolute atomic E-state index is 0.427. The topological polar surface area (TPSA) is 12.0 Å². The molecule has 0 amide bonds. The first-order valence-electron chi connectivity index (χ1n) is 6.12. The number of nitrogens with one attached hydrogen (secondary N) is 1. The van der Waals surface area contributed by atoms with Gasteiger partial charge < -0.3 is 5.32 Å². The lowest BCUT2D eigenvalue weighted by molar-refractivity contribution is 0.521. The lowest BCUT2D eigenvalue weighted by atomic mass is 9.83. The summed E-state index contributed by atoms with van der Waals surface area (Å²) in [5.41, 5.74) is 4.23. The monoisotopic (exact) mass is 215 g/mol. The van der Waals surface area contributed by atoms with E-state index >= 15 is 0 Å². The van der Waals surface area contributed by atoms with Gasteiger partial charge in [0.25, 0.3) is 0 Å². The van der Waals surface area contributed by atoms with Crippen LogP contribution in [0.5, 0.6) is 0 Å². The third-order valence-corrected chi connectivity index (χ3v) is 3.59. The van der Waals surface area contributed by atoms with Crippen LogP contribution >= 0.6 is 0 Å². The van der Waals surface area contributed by atoms with Crippen molar-refractivity contribution in [2.45, 2.75) is 39.2 Å². The Hall–Kier alpha value is -1.24. The highest BCUT2D eigenvalue weighted by atomic mass is 14.9. The van der Waals surface area contributed by atoms with Crippen LogP contribution in [0.2, 0.25) is 0 Å². The first-order chi connectivity index (χ1) is 7.66. The van der Waals surface area contributed by atoms with Crippen LogP contribution < -0.4 is 5.32 Å². The number of allylic oxidation sites excluding steroid dienone is 4. The number of dihydropyridines is 1. The van der Waals surface area contributed by atoms with E-state index in [0.717, 1.165) is 0 Å². The van der Waals surface area contributed by atoms with Crippen molar-refractivity contribution >= 4 is 0 Å². The zero-order chi connectivity index (χ0) is 11.5. The average molecular weight is 215 g/mol. The summed E-state index contributed by atoms with van der Waals surface area (Å²) >= 11 is 0. The van der Waals surface area contributed by atoms with Crippen LogP contribution in [-0.4, -0.2) is 6.04 Å². The molecule has 86 valence electrons. The molecule has 2 atom stereocenters. The Balaban J connectivity index is 2.02. The normalized spacial score (nSPS) is 29.1. The summed E-state index contributed by atoms with van der Waals surface area (Å²) in [6.45, 7) is 8.37. The molecule has 2 unspecified atom stereocenters. The molecule has 0 aromatic rings. The van der Waals surface area contributed by atoms with E-state index in [1.807, 2.05) is 0 Å². The van der Waals surface area contributed by atoms with Crippen LogP contribution in [-0.2, 0) is 0 Å². The summed E-state index contributed by atoms with van der Waals surface area (Å²) in [5, 5.41) is 3.42. The number of hydrogen-bond acceptors (Lipinski definition) is 1. The van der Waals surface area contributed by atoms with Gasteiger partial charge in [0.2, 0.25) is 0 Å². The van der Waals surface area contributed by atoms with Crippen LogP contribution in [0.4, 0.5) is 0 Å². The highest BCUT2D eigenvalue weighted by Crippen LogP contribution is 2.30. The molecule has 0 radical (unpaired) electrons. The standard InChI is InChI=1S/C15H21N/c1-11(2)13-4-6-14(7-5-13)15-10-12(3)8-9-16-15/h6,8-10,13,15-16H,1,4-5,7H2,2-3H3. The second-order valence-corrected chi connectivity index (χ2v) is 4.99. The molecular weight excluding hydrogens is 194 g/mol. The Kier molecular flexibility index (Phi) is 3.33. The third kappa shape index (κ3) is 2.46. The van der Waals surface area contributed by atoms with Crippen molar-refractivity contribution in [1.82, 2.24) is 5.32 Å². The minimum atomic E-state index is 0.427. The molecule has 0 bridgehead atoms. The molecule has 1 aliphatic carbocycles. The second-order valence-electron chi connectivity index (χ2n) is 4.99. The minimum Gasteiger partial charge on any atom is -0.381 e. The van der Waals surface area contributed by atoms with Crippen molar-refractivity contribution < 1.29 is 0 Å². The quantitative estimate of drug-likeness (QED) is 0.692. The number of rotatable bonds is 2. The lowest BCUT2D eigenvalue weighted by Gasteiger charge is -2.27. The van der Waals surface area contributed by atoms with Gasteiger partial charge >= 0.3 is 0 Å². The van der Waals surface area contributed by atoms with Gasteiger partial charge in [0.05, 0.1) is 6.04 Å². The molecule has 1 heterocycles. The van der Waals surface area contributed by atoms with Gasteiger partial charge in [-0.3, -0.25) is 0 Å². The molecule has 1 aliphatic heterocycles. The van der Waals surface area contributed by atoms with Crippen molar-refractivity contribution in [2.24, 2.45) is 5.92 Å². The zero-order valence-electron chi connectivity index (χ0n) is 10.3. The van der Waals surface area contributed by atoms with E-state index < -0.39 is 0 Å². The van der Waals surface area contributed by atoms with E-state index in [0.29, 0.717) is 12.0 Å². The molecule has 2 rings (SSSR count). The Labute approximate surface area is 98.6 Å².